The Hall–Kier alpha value is -1.35. The zero-order valence-electron chi connectivity index (χ0n) is 16.1. The molecular weight excluding hydrogens is 459 g/mol. The molecule has 0 unspecified atom stereocenters. The zero-order valence-corrected chi connectivity index (χ0v) is 19.3. The lowest BCUT2D eigenvalue weighted by atomic mass is 10.2. The first-order valence-corrected chi connectivity index (χ1v) is 9.42. The van der Waals surface area contributed by atoms with Gasteiger partial charge in [-0.3, -0.25) is 4.99 Å². The minimum absolute atomic E-state index is 0. The lowest BCUT2D eigenvalue weighted by Crippen LogP contribution is -2.37. The number of hydrogen-bond donors (Lipinski definition) is 2. The standard InChI is InChI=1S/C19H28N4OS.HI/c1-13(2)24-17-8-6-16(7-9-17)12-22-19(20-5)21-11-10-18-23-14(3)15(4)25-18;/h6-9,13H,10-12H2,1-5H3,(H2,20,21,22);1H. The molecule has 0 saturated heterocycles. The molecule has 0 amide bonds. The van der Waals surface area contributed by atoms with Crippen LogP contribution in [0.3, 0.4) is 0 Å². The highest BCUT2D eigenvalue weighted by atomic mass is 127. The summed E-state index contributed by atoms with van der Waals surface area (Å²) in [5.74, 6) is 1.70. The lowest BCUT2D eigenvalue weighted by molar-refractivity contribution is 0.242. The monoisotopic (exact) mass is 488 g/mol. The number of aliphatic imine (C=N–C) groups is 1. The van der Waals surface area contributed by atoms with E-state index in [1.807, 2.05) is 26.0 Å². The number of guanidine groups is 1. The molecule has 0 aliphatic carbocycles. The Morgan fingerprint density at radius 1 is 1.19 bits per heavy atom. The van der Waals surface area contributed by atoms with Crippen molar-refractivity contribution in [2.45, 2.75) is 46.8 Å². The number of nitrogens with one attached hydrogen (secondary N) is 2. The van der Waals surface area contributed by atoms with Gasteiger partial charge in [0.2, 0.25) is 0 Å². The van der Waals surface area contributed by atoms with Crippen molar-refractivity contribution in [2.75, 3.05) is 13.6 Å². The number of aryl methyl sites for hydroxylation is 2. The highest BCUT2D eigenvalue weighted by Crippen LogP contribution is 2.16. The molecule has 2 N–H and O–H groups in total. The van der Waals surface area contributed by atoms with E-state index in [1.165, 1.54) is 15.4 Å². The minimum Gasteiger partial charge on any atom is -0.491 e. The molecule has 7 heteroatoms. The molecule has 144 valence electrons. The summed E-state index contributed by atoms with van der Waals surface area (Å²) in [4.78, 5) is 10.1. The van der Waals surface area contributed by atoms with Gasteiger partial charge in [-0.2, -0.15) is 0 Å². The fourth-order valence-electron chi connectivity index (χ4n) is 2.30. The lowest BCUT2D eigenvalue weighted by Gasteiger charge is -2.13. The summed E-state index contributed by atoms with van der Waals surface area (Å²) in [7, 11) is 1.78. The van der Waals surface area contributed by atoms with Gasteiger partial charge in [0.15, 0.2) is 5.96 Å². The molecule has 5 nitrogen and oxygen atoms in total. The molecule has 0 radical (unpaired) electrons. The van der Waals surface area contributed by atoms with Crippen LogP contribution in [-0.2, 0) is 13.0 Å². The highest BCUT2D eigenvalue weighted by Gasteiger charge is 2.04. The zero-order chi connectivity index (χ0) is 18.2. The van der Waals surface area contributed by atoms with Crippen molar-refractivity contribution in [3.05, 3.63) is 45.4 Å². The molecule has 0 fully saturated rings. The van der Waals surface area contributed by atoms with Gasteiger partial charge in [-0.25, -0.2) is 4.98 Å². The molecule has 0 atom stereocenters. The van der Waals surface area contributed by atoms with Crippen LogP contribution in [0, 0.1) is 13.8 Å². The van der Waals surface area contributed by atoms with E-state index in [0.717, 1.165) is 36.9 Å². The molecule has 0 aliphatic heterocycles. The van der Waals surface area contributed by atoms with Gasteiger partial charge in [0.05, 0.1) is 16.8 Å². The third-order valence-electron chi connectivity index (χ3n) is 3.68. The first-order chi connectivity index (χ1) is 12.0. The molecule has 1 aromatic heterocycles. The van der Waals surface area contributed by atoms with Crippen molar-refractivity contribution < 1.29 is 4.74 Å². The minimum atomic E-state index is 0. The molecule has 2 aromatic rings. The average Bonchev–Trinajstić information content (AvgIpc) is 2.89. The molecule has 0 spiro atoms. The average molecular weight is 488 g/mol. The van der Waals surface area contributed by atoms with Crippen LogP contribution in [-0.4, -0.2) is 30.6 Å². The van der Waals surface area contributed by atoms with Crippen LogP contribution in [0.15, 0.2) is 29.3 Å². The first-order valence-electron chi connectivity index (χ1n) is 8.61. The van der Waals surface area contributed by atoms with Crippen LogP contribution in [0.1, 0.15) is 35.0 Å². The number of rotatable bonds is 7. The summed E-state index contributed by atoms with van der Waals surface area (Å²) in [6, 6.07) is 8.14. The van der Waals surface area contributed by atoms with E-state index >= 15 is 0 Å². The molecule has 0 aliphatic rings. The molecule has 1 aromatic carbocycles. The van der Waals surface area contributed by atoms with Crippen molar-refractivity contribution in [1.29, 1.82) is 0 Å². The number of halogens is 1. The van der Waals surface area contributed by atoms with Crippen LogP contribution < -0.4 is 15.4 Å². The van der Waals surface area contributed by atoms with Gasteiger partial charge in [-0.05, 0) is 45.4 Å². The van der Waals surface area contributed by atoms with Crippen molar-refractivity contribution in [2.24, 2.45) is 4.99 Å². The topological polar surface area (TPSA) is 58.5 Å². The SMILES string of the molecule is CN=C(NCCc1nc(C)c(C)s1)NCc1ccc(OC(C)C)cc1.I. The van der Waals surface area contributed by atoms with Crippen molar-refractivity contribution in [3.63, 3.8) is 0 Å². The second-order valence-corrected chi connectivity index (χ2v) is 7.45. The van der Waals surface area contributed by atoms with Gasteiger partial charge in [0.1, 0.15) is 5.75 Å². The van der Waals surface area contributed by atoms with Gasteiger partial charge in [0.25, 0.3) is 0 Å². The summed E-state index contributed by atoms with van der Waals surface area (Å²) in [5.41, 5.74) is 2.32. The van der Waals surface area contributed by atoms with Crippen molar-refractivity contribution in [1.82, 2.24) is 15.6 Å². The van der Waals surface area contributed by atoms with Gasteiger partial charge in [-0.1, -0.05) is 12.1 Å². The number of aromatic nitrogens is 1. The van der Waals surface area contributed by atoms with E-state index in [2.05, 4.69) is 46.6 Å². The molecule has 1 heterocycles. The summed E-state index contributed by atoms with van der Waals surface area (Å²) in [5, 5.41) is 7.83. The molecule has 0 bridgehead atoms. The summed E-state index contributed by atoms with van der Waals surface area (Å²) in [6.45, 7) is 9.76. The van der Waals surface area contributed by atoms with Gasteiger partial charge >= 0.3 is 0 Å². The maximum atomic E-state index is 5.66. The summed E-state index contributed by atoms with van der Waals surface area (Å²) < 4.78 is 5.66. The highest BCUT2D eigenvalue weighted by molar-refractivity contribution is 14.0. The quantitative estimate of drug-likeness (QED) is 0.351. The predicted molar refractivity (Wildman–Crippen MR) is 121 cm³/mol. The number of benzene rings is 1. The Kier molecular flexibility index (Phi) is 9.93. The van der Waals surface area contributed by atoms with E-state index in [1.54, 1.807) is 18.4 Å². The maximum absolute atomic E-state index is 5.66. The summed E-state index contributed by atoms with van der Waals surface area (Å²) in [6.07, 6.45) is 1.10. The Morgan fingerprint density at radius 3 is 2.42 bits per heavy atom. The second-order valence-electron chi connectivity index (χ2n) is 6.16. The number of hydrogen-bond acceptors (Lipinski definition) is 4. The molecular formula is C19H29IN4OS. The van der Waals surface area contributed by atoms with E-state index in [4.69, 9.17) is 4.74 Å². The first kappa shape index (κ1) is 22.7. The fraction of sp³-hybridized carbons (Fsp3) is 0.474. The van der Waals surface area contributed by atoms with E-state index in [9.17, 15) is 0 Å². The van der Waals surface area contributed by atoms with Gasteiger partial charge in [0, 0.05) is 31.4 Å². The van der Waals surface area contributed by atoms with Crippen LogP contribution in [0.5, 0.6) is 5.75 Å². The van der Waals surface area contributed by atoms with Crippen molar-refractivity contribution in [3.8, 4) is 5.75 Å². The van der Waals surface area contributed by atoms with Crippen LogP contribution in [0.2, 0.25) is 0 Å². The van der Waals surface area contributed by atoms with Gasteiger partial charge < -0.3 is 15.4 Å². The van der Waals surface area contributed by atoms with Crippen LogP contribution >= 0.6 is 35.3 Å². The molecule has 0 saturated carbocycles. The number of thiazole rings is 1. The number of ether oxygens (including phenoxy) is 1. The Morgan fingerprint density at radius 2 is 1.88 bits per heavy atom. The van der Waals surface area contributed by atoms with E-state index < -0.39 is 0 Å². The maximum Gasteiger partial charge on any atom is 0.191 e. The molecule has 2 rings (SSSR count). The fourth-order valence-corrected chi connectivity index (χ4v) is 3.23. The largest absolute Gasteiger partial charge is 0.491 e. The van der Waals surface area contributed by atoms with E-state index in [0.29, 0.717) is 0 Å². The van der Waals surface area contributed by atoms with Crippen LogP contribution in [0.25, 0.3) is 0 Å². The van der Waals surface area contributed by atoms with Crippen molar-refractivity contribution >= 4 is 41.3 Å². The Labute approximate surface area is 177 Å². The van der Waals surface area contributed by atoms with Crippen LogP contribution in [0.4, 0.5) is 0 Å². The third kappa shape index (κ3) is 7.49. The number of nitrogens with zero attached hydrogens (tertiary/aromatic N) is 2. The second kappa shape index (κ2) is 11.4. The third-order valence-corrected chi connectivity index (χ3v) is 4.82. The Bertz CT molecular complexity index is 679. The Balaban J connectivity index is 0.00000338. The van der Waals surface area contributed by atoms with E-state index in [-0.39, 0.29) is 30.1 Å². The normalized spacial score (nSPS) is 11.2. The predicted octanol–water partition coefficient (Wildman–Crippen LogP) is 4.07. The molecule has 26 heavy (non-hydrogen) atoms. The summed E-state index contributed by atoms with van der Waals surface area (Å²) >= 11 is 1.77. The van der Waals surface area contributed by atoms with Gasteiger partial charge in [-0.15, -0.1) is 35.3 Å². The smallest absolute Gasteiger partial charge is 0.191 e.